The van der Waals surface area contributed by atoms with Gasteiger partial charge in [0.2, 0.25) is 0 Å². The maximum atomic E-state index is 13.6. The number of pyridine rings is 1. The summed E-state index contributed by atoms with van der Waals surface area (Å²) < 4.78 is 15.6. The van der Waals surface area contributed by atoms with Gasteiger partial charge in [0.1, 0.15) is 22.7 Å². The van der Waals surface area contributed by atoms with Crippen molar-refractivity contribution in [1.82, 2.24) is 34.7 Å². The standard InChI is InChI=1S/C22H16FN7S/c1-11-25-10-16(30(11)2)12-3-4-14-13(9-12)19(29-28-14)22-26-15-7-8-24-21(20(15)27-22)17-5-6-18(23)31-17/h3-10H,1-2H3,(H,26,27)(H,28,29). The van der Waals surface area contributed by atoms with E-state index in [0.29, 0.717) is 17.0 Å². The number of nitrogens with zero attached hydrogens (tertiary/aromatic N) is 5. The molecular formula is C22H16FN7S. The third-order valence-corrected chi connectivity index (χ3v) is 6.39. The number of H-pyrrole nitrogens is 2. The Morgan fingerprint density at radius 3 is 2.71 bits per heavy atom. The molecular weight excluding hydrogens is 413 g/mol. The molecule has 31 heavy (non-hydrogen) atoms. The topological polar surface area (TPSA) is 88.1 Å². The molecule has 0 amide bonds. The first kappa shape index (κ1) is 18.0. The highest BCUT2D eigenvalue weighted by Crippen LogP contribution is 2.34. The second kappa shape index (κ2) is 6.58. The number of thiophene rings is 1. The van der Waals surface area contributed by atoms with Crippen molar-refractivity contribution in [3.8, 4) is 33.3 Å². The quantitative estimate of drug-likeness (QED) is 0.411. The monoisotopic (exact) mass is 429 g/mol. The van der Waals surface area contributed by atoms with E-state index in [-0.39, 0.29) is 5.13 Å². The van der Waals surface area contributed by atoms with Gasteiger partial charge in [0.25, 0.3) is 0 Å². The SMILES string of the molecule is Cc1ncc(-c2ccc3[nH]nc(-c4nc5c(-c6ccc(F)s6)nccc5[nH]4)c3c2)n1C. The summed E-state index contributed by atoms with van der Waals surface area (Å²) in [5.74, 6) is 1.58. The van der Waals surface area contributed by atoms with Crippen molar-refractivity contribution in [3.05, 3.63) is 59.7 Å². The number of hydrogen-bond acceptors (Lipinski definition) is 5. The Hall–Kier alpha value is -3.85. The number of halogens is 1. The predicted octanol–water partition coefficient (Wildman–Crippen LogP) is 5.08. The average Bonchev–Trinajstić information content (AvgIpc) is 3.54. The summed E-state index contributed by atoms with van der Waals surface area (Å²) in [6.07, 6.45) is 3.57. The Morgan fingerprint density at radius 1 is 1.03 bits per heavy atom. The number of nitrogens with one attached hydrogen (secondary N) is 2. The molecule has 7 nitrogen and oxygen atoms in total. The lowest BCUT2D eigenvalue weighted by Crippen LogP contribution is -1.94. The van der Waals surface area contributed by atoms with Crippen LogP contribution in [0.15, 0.2) is 48.8 Å². The van der Waals surface area contributed by atoms with Crippen molar-refractivity contribution in [1.29, 1.82) is 0 Å². The number of rotatable bonds is 3. The number of imidazole rings is 2. The van der Waals surface area contributed by atoms with E-state index in [1.54, 1.807) is 12.3 Å². The van der Waals surface area contributed by atoms with Gasteiger partial charge in [-0.05, 0) is 37.3 Å². The van der Waals surface area contributed by atoms with E-state index >= 15 is 0 Å². The van der Waals surface area contributed by atoms with Crippen LogP contribution in [0.1, 0.15) is 5.82 Å². The molecule has 0 saturated carbocycles. The summed E-state index contributed by atoms with van der Waals surface area (Å²) in [6.45, 7) is 1.98. The van der Waals surface area contributed by atoms with Gasteiger partial charge in [-0.1, -0.05) is 6.07 Å². The molecule has 2 N–H and O–H groups in total. The van der Waals surface area contributed by atoms with E-state index in [2.05, 4.69) is 35.8 Å². The lowest BCUT2D eigenvalue weighted by Gasteiger charge is -2.04. The minimum atomic E-state index is -0.249. The van der Waals surface area contributed by atoms with Gasteiger partial charge in [0, 0.05) is 24.2 Å². The smallest absolute Gasteiger partial charge is 0.177 e. The molecule has 0 aliphatic carbocycles. The molecule has 0 radical (unpaired) electrons. The van der Waals surface area contributed by atoms with Crippen LogP contribution in [0.25, 0.3) is 55.3 Å². The third-order valence-electron chi connectivity index (χ3n) is 5.51. The molecule has 5 aromatic heterocycles. The second-order valence-electron chi connectivity index (χ2n) is 7.33. The van der Waals surface area contributed by atoms with Crippen LogP contribution in [0.5, 0.6) is 0 Å². The molecule has 0 aliphatic heterocycles. The van der Waals surface area contributed by atoms with Crippen LogP contribution >= 0.6 is 11.3 Å². The number of aromatic nitrogens is 7. The van der Waals surface area contributed by atoms with Crippen molar-refractivity contribution in [2.24, 2.45) is 7.05 Å². The van der Waals surface area contributed by atoms with Crippen molar-refractivity contribution < 1.29 is 4.39 Å². The van der Waals surface area contributed by atoms with Gasteiger partial charge in [-0.2, -0.15) is 9.49 Å². The normalized spacial score (nSPS) is 11.7. The maximum Gasteiger partial charge on any atom is 0.177 e. The highest BCUT2D eigenvalue weighted by molar-refractivity contribution is 7.13. The van der Waals surface area contributed by atoms with Gasteiger partial charge < -0.3 is 9.55 Å². The molecule has 0 spiro atoms. The number of aryl methyl sites for hydroxylation is 1. The van der Waals surface area contributed by atoms with Crippen LogP contribution < -0.4 is 0 Å². The Labute approximate surface area is 179 Å². The highest BCUT2D eigenvalue weighted by atomic mass is 32.1. The van der Waals surface area contributed by atoms with Crippen LogP contribution in [-0.2, 0) is 7.05 Å². The Kier molecular flexibility index (Phi) is 3.81. The summed E-state index contributed by atoms with van der Waals surface area (Å²) in [7, 11) is 2.00. The fraction of sp³-hybridized carbons (Fsp3) is 0.0909. The molecule has 6 rings (SSSR count). The van der Waals surface area contributed by atoms with Crippen LogP contribution in [-0.4, -0.2) is 34.7 Å². The third kappa shape index (κ3) is 2.77. The first-order valence-electron chi connectivity index (χ1n) is 9.66. The number of aromatic amines is 2. The minimum Gasteiger partial charge on any atom is -0.336 e. The number of hydrogen-bond donors (Lipinski definition) is 2. The zero-order chi connectivity index (χ0) is 21.1. The van der Waals surface area contributed by atoms with E-state index < -0.39 is 0 Å². The zero-order valence-corrected chi connectivity index (χ0v) is 17.5. The fourth-order valence-corrected chi connectivity index (χ4v) is 4.52. The van der Waals surface area contributed by atoms with Crippen LogP contribution in [0.3, 0.4) is 0 Å². The molecule has 0 atom stereocenters. The molecule has 0 unspecified atom stereocenters. The molecule has 0 fully saturated rings. The lowest BCUT2D eigenvalue weighted by molar-refractivity contribution is 0.657. The molecule has 152 valence electrons. The number of fused-ring (bicyclic) bond motifs is 2. The minimum absolute atomic E-state index is 0.249. The molecule has 5 heterocycles. The maximum absolute atomic E-state index is 13.6. The van der Waals surface area contributed by atoms with E-state index in [1.807, 2.05) is 38.4 Å². The fourth-order valence-electron chi connectivity index (χ4n) is 3.79. The van der Waals surface area contributed by atoms with Crippen LogP contribution in [0.4, 0.5) is 4.39 Å². The largest absolute Gasteiger partial charge is 0.336 e. The Balaban J connectivity index is 1.52. The van der Waals surface area contributed by atoms with E-state index in [0.717, 1.165) is 55.4 Å². The Morgan fingerprint density at radius 2 is 1.94 bits per heavy atom. The van der Waals surface area contributed by atoms with Crippen molar-refractivity contribution in [2.45, 2.75) is 6.92 Å². The van der Waals surface area contributed by atoms with Gasteiger partial charge in [0.05, 0.1) is 27.8 Å². The van der Waals surface area contributed by atoms with Gasteiger partial charge in [0.15, 0.2) is 11.0 Å². The van der Waals surface area contributed by atoms with Crippen molar-refractivity contribution in [3.63, 3.8) is 0 Å². The summed E-state index contributed by atoms with van der Waals surface area (Å²) in [4.78, 5) is 17.7. The number of benzene rings is 1. The first-order valence-corrected chi connectivity index (χ1v) is 10.5. The van der Waals surface area contributed by atoms with Crippen LogP contribution in [0, 0.1) is 12.1 Å². The summed E-state index contributed by atoms with van der Waals surface area (Å²) >= 11 is 1.05. The second-order valence-corrected chi connectivity index (χ2v) is 8.36. The van der Waals surface area contributed by atoms with E-state index in [1.165, 1.54) is 6.07 Å². The van der Waals surface area contributed by atoms with Gasteiger partial charge in [-0.25, -0.2) is 9.97 Å². The first-order chi connectivity index (χ1) is 15.1. The summed E-state index contributed by atoms with van der Waals surface area (Å²) in [5, 5.41) is 8.30. The lowest BCUT2D eigenvalue weighted by atomic mass is 10.1. The van der Waals surface area contributed by atoms with Crippen molar-refractivity contribution >= 4 is 33.3 Å². The summed E-state index contributed by atoms with van der Waals surface area (Å²) in [6, 6.07) is 11.2. The molecule has 0 aliphatic rings. The van der Waals surface area contributed by atoms with E-state index in [9.17, 15) is 4.39 Å². The molecule has 9 heteroatoms. The summed E-state index contributed by atoms with van der Waals surface area (Å²) in [5.41, 5.74) is 5.87. The highest BCUT2D eigenvalue weighted by Gasteiger charge is 2.17. The predicted molar refractivity (Wildman–Crippen MR) is 119 cm³/mol. The molecule has 1 aromatic carbocycles. The molecule has 6 aromatic rings. The zero-order valence-electron chi connectivity index (χ0n) is 16.6. The molecule has 0 bridgehead atoms. The average molecular weight is 429 g/mol. The van der Waals surface area contributed by atoms with Gasteiger partial charge in [-0.15, -0.1) is 11.3 Å². The Bertz CT molecular complexity index is 1590. The van der Waals surface area contributed by atoms with Gasteiger partial charge >= 0.3 is 0 Å². The van der Waals surface area contributed by atoms with Crippen molar-refractivity contribution in [2.75, 3.05) is 0 Å². The van der Waals surface area contributed by atoms with Gasteiger partial charge in [-0.3, -0.25) is 10.1 Å². The van der Waals surface area contributed by atoms with Crippen LogP contribution in [0.2, 0.25) is 0 Å². The van der Waals surface area contributed by atoms with E-state index in [4.69, 9.17) is 4.98 Å². The molecule has 0 saturated heterocycles.